The van der Waals surface area contributed by atoms with E-state index in [1.165, 1.54) is 18.2 Å². The Bertz CT molecular complexity index is 609. The molecule has 6 nitrogen and oxygen atoms in total. The maximum Gasteiger partial charge on any atom is 0.241 e. The minimum Gasteiger partial charge on any atom is -0.397 e. The molecule has 0 aliphatic rings. The van der Waals surface area contributed by atoms with E-state index in [-0.39, 0.29) is 22.2 Å². The van der Waals surface area contributed by atoms with Gasteiger partial charge in [0.15, 0.2) is 0 Å². The van der Waals surface area contributed by atoms with Gasteiger partial charge in [-0.3, -0.25) is 4.79 Å². The molecule has 0 spiro atoms. The van der Waals surface area contributed by atoms with Crippen molar-refractivity contribution in [3.05, 3.63) is 23.2 Å². The van der Waals surface area contributed by atoms with Gasteiger partial charge in [-0.2, -0.15) is 0 Å². The first-order valence-electron chi connectivity index (χ1n) is 5.87. The number of hydrogen-bond donors (Lipinski definition) is 3. The SMILES string of the molecule is CC(C)(C)NC(=O)CNS(=O)(=O)c1ccc(Cl)c(N)c1. The highest BCUT2D eigenvalue weighted by atomic mass is 35.5. The van der Waals surface area contributed by atoms with Crippen LogP contribution in [0.3, 0.4) is 0 Å². The number of amides is 1. The molecule has 4 N–H and O–H groups in total. The molecule has 0 fully saturated rings. The Balaban J connectivity index is 2.76. The van der Waals surface area contributed by atoms with E-state index in [0.29, 0.717) is 0 Å². The number of anilines is 1. The molecule has 0 aliphatic carbocycles. The Hall–Kier alpha value is -1.31. The van der Waals surface area contributed by atoms with Crippen molar-refractivity contribution < 1.29 is 13.2 Å². The van der Waals surface area contributed by atoms with Crippen molar-refractivity contribution in [2.24, 2.45) is 0 Å². The summed E-state index contributed by atoms with van der Waals surface area (Å²) in [5.74, 6) is -0.414. The molecule has 1 rings (SSSR count). The molecule has 0 atom stereocenters. The number of rotatable bonds is 4. The predicted octanol–water partition coefficient (Wildman–Crippen LogP) is 1.12. The van der Waals surface area contributed by atoms with Crippen LogP contribution in [0.25, 0.3) is 0 Å². The number of carbonyl (C=O) groups is 1. The molecule has 0 bridgehead atoms. The zero-order chi connectivity index (χ0) is 15.6. The molecule has 1 aromatic carbocycles. The lowest BCUT2D eigenvalue weighted by molar-refractivity contribution is -0.121. The summed E-state index contributed by atoms with van der Waals surface area (Å²) in [6.07, 6.45) is 0. The van der Waals surface area contributed by atoms with Crippen LogP contribution >= 0.6 is 11.6 Å². The smallest absolute Gasteiger partial charge is 0.241 e. The number of sulfonamides is 1. The molecule has 0 unspecified atom stereocenters. The van der Waals surface area contributed by atoms with Crippen molar-refractivity contribution in [1.29, 1.82) is 0 Å². The van der Waals surface area contributed by atoms with E-state index < -0.39 is 21.5 Å². The van der Waals surface area contributed by atoms with Crippen LogP contribution < -0.4 is 15.8 Å². The molecular weight excluding hydrogens is 302 g/mol. The van der Waals surface area contributed by atoms with Gasteiger partial charge in [0.05, 0.1) is 22.2 Å². The van der Waals surface area contributed by atoms with E-state index in [1.54, 1.807) is 20.8 Å². The van der Waals surface area contributed by atoms with Crippen LogP contribution in [0.5, 0.6) is 0 Å². The van der Waals surface area contributed by atoms with E-state index in [1.807, 2.05) is 0 Å². The molecular formula is C12H18ClN3O3S. The van der Waals surface area contributed by atoms with E-state index in [4.69, 9.17) is 17.3 Å². The minimum atomic E-state index is -3.80. The second-order valence-electron chi connectivity index (χ2n) is 5.31. The molecule has 112 valence electrons. The molecule has 8 heteroatoms. The van der Waals surface area contributed by atoms with E-state index >= 15 is 0 Å². The average molecular weight is 320 g/mol. The van der Waals surface area contributed by atoms with Gasteiger partial charge in [0.1, 0.15) is 0 Å². The first-order valence-corrected chi connectivity index (χ1v) is 7.73. The molecule has 0 heterocycles. The lowest BCUT2D eigenvalue weighted by atomic mass is 10.1. The number of benzene rings is 1. The fraction of sp³-hybridized carbons (Fsp3) is 0.417. The lowest BCUT2D eigenvalue weighted by Crippen LogP contribution is -2.45. The predicted molar refractivity (Wildman–Crippen MR) is 78.9 cm³/mol. The summed E-state index contributed by atoms with van der Waals surface area (Å²) in [7, 11) is -3.80. The normalized spacial score (nSPS) is 12.2. The van der Waals surface area contributed by atoms with Gasteiger partial charge >= 0.3 is 0 Å². The lowest BCUT2D eigenvalue weighted by Gasteiger charge is -2.20. The monoisotopic (exact) mass is 319 g/mol. The van der Waals surface area contributed by atoms with Crippen molar-refractivity contribution in [2.75, 3.05) is 12.3 Å². The van der Waals surface area contributed by atoms with Crippen molar-refractivity contribution in [2.45, 2.75) is 31.2 Å². The van der Waals surface area contributed by atoms with Crippen molar-refractivity contribution >= 4 is 33.2 Å². The standard InChI is InChI=1S/C12H18ClN3O3S/c1-12(2,3)16-11(17)7-15-20(18,19)8-4-5-9(13)10(14)6-8/h4-6,15H,7,14H2,1-3H3,(H,16,17). The van der Waals surface area contributed by atoms with Gasteiger partial charge in [-0.1, -0.05) is 11.6 Å². The molecule has 1 amide bonds. The van der Waals surface area contributed by atoms with E-state index in [2.05, 4.69) is 10.0 Å². The number of hydrogen-bond acceptors (Lipinski definition) is 4. The Kier molecular flexibility index (Phi) is 5.01. The van der Waals surface area contributed by atoms with Crippen LogP contribution in [0.1, 0.15) is 20.8 Å². The number of nitrogens with two attached hydrogens (primary N) is 1. The summed E-state index contributed by atoms with van der Waals surface area (Å²) in [5.41, 5.74) is 5.29. The van der Waals surface area contributed by atoms with Crippen LogP contribution in [0.15, 0.2) is 23.1 Å². The number of halogens is 1. The summed E-state index contributed by atoms with van der Waals surface area (Å²) >= 11 is 5.73. The summed E-state index contributed by atoms with van der Waals surface area (Å²) in [6.45, 7) is 5.07. The van der Waals surface area contributed by atoms with Gasteiger partial charge < -0.3 is 11.1 Å². The Morgan fingerprint density at radius 3 is 2.45 bits per heavy atom. The maximum absolute atomic E-state index is 12.0. The largest absolute Gasteiger partial charge is 0.397 e. The Labute approximate surface area is 123 Å². The molecule has 0 radical (unpaired) electrons. The third kappa shape index (κ3) is 4.99. The van der Waals surface area contributed by atoms with Crippen LogP contribution in [0.2, 0.25) is 5.02 Å². The second-order valence-corrected chi connectivity index (χ2v) is 7.48. The zero-order valence-electron chi connectivity index (χ0n) is 11.5. The summed E-state index contributed by atoms with van der Waals surface area (Å²) in [6, 6.07) is 3.95. The van der Waals surface area contributed by atoms with Crippen molar-refractivity contribution in [1.82, 2.24) is 10.0 Å². The third-order valence-corrected chi connectivity index (χ3v) is 3.96. The molecule has 0 aromatic heterocycles. The quantitative estimate of drug-likeness (QED) is 0.724. The summed E-state index contributed by atoms with van der Waals surface area (Å²) in [4.78, 5) is 11.5. The third-order valence-electron chi connectivity index (χ3n) is 2.21. The van der Waals surface area contributed by atoms with E-state index in [9.17, 15) is 13.2 Å². The van der Waals surface area contributed by atoms with E-state index in [0.717, 1.165) is 0 Å². The highest BCUT2D eigenvalue weighted by Gasteiger charge is 2.19. The Morgan fingerprint density at radius 1 is 1.35 bits per heavy atom. The van der Waals surface area contributed by atoms with Gasteiger partial charge in [0.25, 0.3) is 0 Å². The zero-order valence-corrected chi connectivity index (χ0v) is 13.1. The van der Waals surface area contributed by atoms with Gasteiger partial charge in [-0.15, -0.1) is 0 Å². The highest BCUT2D eigenvalue weighted by molar-refractivity contribution is 7.89. The fourth-order valence-electron chi connectivity index (χ4n) is 1.40. The molecule has 0 saturated heterocycles. The van der Waals surface area contributed by atoms with Crippen LogP contribution in [-0.4, -0.2) is 26.4 Å². The van der Waals surface area contributed by atoms with Crippen molar-refractivity contribution in [3.8, 4) is 0 Å². The van der Waals surface area contributed by atoms with Gasteiger partial charge in [0.2, 0.25) is 15.9 Å². The molecule has 0 saturated carbocycles. The van der Waals surface area contributed by atoms with Crippen molar-refractivity contribution in [3.63, 3.8) is 0 Å². The first kappa shape index (κ1) is 16.7. The molecule has 1 aromatic rings. The maximum atomic E-state index is 12.0. The summed E-state index contributed by atoms with van der Waals surface area (Å²) in [5, 5.41) is 2.92. The van der Waals surface area contributed by atoms with Gasteiger partial charge in [0, 0.05) is 5.54 Å². The first-order chi connectivity index (χ1) is 9.01. The van der Waals surface area contributed by atoms with Gasteiger partial charge in [-0.05, 0) is 39.0 Å². The van der Waals surface area contributed by atoms with Crippen LogP contribution in [0, 0.1) is 0 Å². The fourth-order valence-corrected chi connectivity index (χ4v) is 2.53. The number of carbonyl (C=O) groups excluding carboxylic acids is 1. The average Bonchev–Trinajstić information content (AvgIpc) is 2.28. The summed E-state index contributed by atoms with van der Waals surface area (Å²) < 4.78 is 26.2. The van der Waals surface area contributed by atoms with Gasteiger partial charge in [-0.25, -0.2) is 13.1 Å². The molecule has 0 aliphatic heterocycles. The second kappa shape index (κ2) is 5.99. The minimum absolute atomic E-state index is 0.0389. The number of nitrogen functional groups attached to an aromatic ring is 1. The highest BCUT2D eigenvalue weighted by Crippen LogP contribution is 2.21. The topological polar surface area (TPSA) is 101 Å². The van der Waals surface area contributed by atoms with Crippen LogP contribution in [-0.2, 0) is 14.8 Å². The number of nitrogens with one attached hydrogen (secondary N) is 2. The Morgan fingerprint density at radius 2 is 1.95 bits per heavy atom. The van der Waals surface area contributed by atoms with Crippen LogP contribution in [0.4, 0.5) is 5.69 Å². The molecule has 20 heavy (non-hydrogen) atoms.